The van der Waals surface area contributed by atoms with E-state index in [1.54, 1.807) is 0 Å². The predicted molar refractivity (Wildman–Crippen MR) is 58.9 cm³/mol. The second-order valence-corrected chi connectivity index (χ2v) is 3.84. The highest BCUT2D eigenvalue weighted by atomic mass is 14.3. The quantitative estimate of drug-likeness (QED) is 0.704. The maximum absolute atomic E-state index is 9.07. The molecule has 0 saturated heterocycles. The second-order valence-electron chi connectivity index (χ2n) is 3.84. The summed E-state index contributed by atoms with van der Waals surface area (Å²) in [4.78, 5) is 0. The summed E-state index contributed by atoms with van der Waals surface area (Å²) < 4.78 is 0. The molecule has 0 amide bonds. The molecule has 0 N–H and O–H groups in total. The third kappa shape index (κ3) is 2.88. The fourth-order valence-corrected chi connectivity index (χ4v) is 1.52. The number of nitrogens with zero attached hydrogens (tertiary/aromatic N) is 1. The normalized spacial score (nSPS) is 14.4. The maximum atomic E-state index is 9.07. The lowest BCUT2D eigenvalue weighted by Crippen LogP contribution is -2.02. The van der Waals surface area contributed by atoms with E-state index in [1.165, 1.54) is 0 Å². The smallest absolute Gasteiger partial charge is 0.0715 e. The number of hydrogen-bond donors (Lipinski definition) is 0. The number of hydrogen-bond acceptors (Lipinski definition) is 1. The summed E-state index contributed by atoms with van der Waals surface area (Å²) in [7, 11) is 0. The van der Waals surface area contributed by atoms with Crippen LogP contribution in [-0.4, -0.2) is 0 Å². The summed E-state index contributed by atoms with van der Waals surface area (Å²) >= 11 is 0. The molecule has 0 aromatic heterocycles. The topological polar surface area (TPSA) is 23.8 Å². The largest absolute Gasteiger partial charge is 0.198 e. The van der Waals surface area contributed by atoms with Crippen LogP contribution in [0.5, 0.6) is 0 Å². The van der Waals surface area contributed by atoms with Gasteiger partial charge in [-0.25, -0.2) is 0 Å². The van der Waals surface area contributed by atoms with Crippen molar-refractivity contribution in [1.82, 2.24) is 0 Å². The first-order valence-electron chi connectivity index (χ1n) is 5.22. The zero-order valence-corrected chi connectivity index (χ0v) is 8.90. The molecule has 1 rings (SSSR count). The zero-order chi connectivity index (χ0) is 10.4. The molecule has 1 nitrogen and oxygen atoms in total. The number of nitriles is 1. The van der Waals surface area contributed by atoms with Gasteiger partial charge in [-0.1, -0.05) is 50.6 Å². The van der Waals surface area contributed by atoms with Gasteiger partial charge < -0.3 is 0 Å². The Kier molecular flexibility index (Phi) is 4.19. The molecular formula is C13H17N. The van der Waals surface area contributed by atoms with Crippen molar-refractivity contribution in [3.63, 3.8) is 0 Å². The van der Waals surface area contributed by atoms with Gasteiger partial charge in [0.05, 0.1) is 12.0 Å². The van der Waals surface area contributed by atoms with Gasteiger partial charge in [-0.05, 0) is 17.9 Å². The molecule has 0 radical (unpaired) electrons. The average Bonchev–Trinajstić information content (AvgIpc) is 2.26. The van der Waals surface area contributed by atoms with Gasteiger partial charge in [0.2, 0.25) is 0 Å². The first kappa shape index (κ1) is 10.8. The van der Waals surface area contributed by atoms with Crippen molar-refractivity contribution in [3.05, 3.63) is 35.9 Å². The van der Waals surface area contributed by atoms with E-state index >= 15 is 0 Å². The Balaban J connectivity index is 2.69. The summed E-state index contributed by atoms with van der Waals surface area (Å²) in [6.07, 6.45) is 2.11. The van der Waals surface area contributed by atoms with E-state index < -0.39 is 0 Å². The van der Waals surface area contributed by atoms with Crippen molar-refractivity contribution < 1.29 is 0 Å². The molecule has 0 heterocycles. The van der Waals surface area contributed by atoms with Crippen LogP contribution in [0.3, 0.4) is 0 Å². The zero-order valence-electron chi connectivity index (χ0n) is 8.90. The van der Waals surface area contributed by atoms with Crippen LogP contribution in [0.25, 0.3) is 0 Å². The van der Waals surface area contributed by atoms with E-state index in [-0.39, 0.29) is 5.92 Å². The van der Waals surface area contributed by atoms with Gasteiger partial charge >= 0.3 is 0 Å². The second kappa shape index (κ2) is 5.44. The molecular weight excluding hydrogens is 170 g/mol. The van der Waals surface area contributed by atoms with E-state index in [4.69, 9.17) is 5.26 Å². The van der Waals surface area contributed by atoms with Gasteiger partial charge in [0, 0.05) is 0 Å². The molecule has 0 aliphatic heterocycles. The van der Waals surface area contributed by atoms with E-state index in [2.05, 4.69) is 19.9 Å². The summed E-state index contributed by atoms with van der Waals surface area (Å²) in [6.45, 7) is 4.37. The minimum absolute atomic E-state index is 0.0612. The molecule has 0 bridgehead atoms. The van der Waals surface area contributed by atoms with E-state index in [0.29, 0.717) is 5.92 Å². The Morgan fingerprint density at radius 2 is 1.93 bits per heavy atom. The van der Waals surface area contributed by atoms with Crippen LogP contribution in [0, 0.1) is 17.2 Å². The molecule has 1 aromatic rings. The minimum atomic E-state index is 0.0612. The summed E-state index contributed by atoms with van der Waals surface area (Å²) in [5.74, 6) is 0.686. The standard InChI is InChI=1S/C13H17N/c1-3-11(2)9-13(10-14)12-7-5-4-6-8-12/h4-8,11,13H,3,9H2,1-2H3/t11-,13-/m0/s1. The first-order chi connectivity index (χ1) is 6.77. The van der Waals surface area contributed by atoms with Gasteiger partial charge in [0.25, 0.3) is 0 Å². The summed E-state index contributed by atoms with van der Waals surface area (Å²) in [6, 6.07) is 12.4. The van der Waals surface area contributed by atoms with Gasteiger partial charge in [-0.2, -0.15) is 5.26 Å². The molecule has 0 aliphatic carbocycles. The predicted octanol–water partition coefficient (Wildman–Crippen LogP) is 3.73. The van der Waals surface area contributed by atoms with Crippen molar-refractivity contribution in [3.8, 4) is 6.07 Å². The Morgan fingerprint density at radius 3 is 2.43 bits per heavy atom. The molecule has 1 aromatic carbocycles. The molecule has 0 fully saturated rings. The van der Waals surface area contributed by atoms with Crippen molar-refractivity contribution >= 4 is 0 Å². The van der Waals surface area contributed by atoms with Gasteiger partial charge in [0.15, 0.2) is 0 Å². The van der Waals surface area contributed by atoms with Crippen LogP contribution >= 0.6 is 0 Å². The molecule has 14 heavy (non-hydrogen) atoms. The fraction of sp³-hybridized carbons (Fsp3) is 0.462. The molecule has 0 spiro atoms. The lowest BCUT2D eigenvalue weighted by atomic mass is 9.90. The van der Waals surface area contributed by atoms with E-state index in [0.717, 1.165) is 18.4 Å². The van der Waals surface area contributed by atoms with Gasteiger partial charge in [0.1, 0.15) is 0 Å². The van der Waals surface area contributed by atoms with Crippen LogP contribution in [0.4, 0.5) is 0 Å². The van der Waals surface area contributed by atoms with E-state index in [9.17, 15) is 0 Å². The monoisotopic (exact) mass is 187 g/mol. The Morgan fingerprint density at radius 1 is 1.29 bits per heavy atom. The van der Waals surface area contributed by atoms with Crippen LogP contribution < -0.4 is 0 Å². The highest BCUT2D eigenvalue weighted by Crippen LogP contribution is 2.24. The highest BCUT2D eigenvalue weighted by molar-refractivity contribution is 5.24. The molecule has 0 aliphatic rings. The highest BCUT2D eigenvalue weighted by Gasteiger charge is 2.12. The first-order valence-corrected chi connectivity index (χ1v) is 5.22. The van der Waals surface area contributed by atoms with Crippen molar-refractivity contribution in [1.29, 1.82) is 5.26 Å². The average molecular weight is 187 g/mol. The number of rotatable bonds is 4. The molecule has 74 valence electrons. The minimum Gasteiger partial charge on any atom is -0.198 e. The SMILES string of the molecule is CC[C@H](C)C[C@@H](C#N)c1ccccc1. The van der Waals surface area contributed by atoms with Gasteiger partial charge in [-0.15, -0.1) is 0 Å². The molecule has 1 heteroatoms. The van der Waals surface area contributed by atoms with Crippen LogP contribution in [0.1, 0.15) is 38.2 Å². The van der Waals surface area contributed by atoms with Crippen LogP contribution in [-0.2, 0) is 0 Å². The fourth-order valence-electron chi connectivity index (χ4n) is 1.52. The summed E-state index contributed by atoms with van der Waals surface area (Å²) in [5.41, 5.74) is 1.15. The Hall–Kier alpha value is -1.29. The van der Waals surface area contributed by atoms with Crippen molar-refractivity contribution in [2.24, 2.45) is 5.92 Å². The molecule has 2 atom stereocenters. The Bertz CT molecular complexity index is 297. The van der Waals surface area contributed by atoms with Crippen molar-refractivity contribution in [2.75, 3.05) is 0 Å². The van der Waals surface area contributed by atoms with Crippen LogP contribution in [0.2, 0.25) is 0 Å². The lowest BCUT2D eigenvalue weighted by molar-refractivity contribution is 0.494. The van der Waals surface area contributed by atoms with Crippen molar-refractivity contribution in [2.45, 2.75) is 32.6 Å². The van der Waals surface area contributed by atoms with Gasteiger partial charge in [-0.3, -0.25) is 0 Å². The maximum Gasteiger partial charge on any atom is 0.0715 e. The third-order valence-electron chi connectivity index (χ3n) is 2.69. The Labute approximate surface area is 86.4 Å². The molecule has 0 unspecified atom stereocenters. The number of benzene rings is 1. The lowest BCUT2D eigenvalue weighted by Gasteiger charge is -2.13. The molecule has 0 saturated carbocycles. The van der Waals surface area contributed by atoms with Crippen LogP contribution in [0.15, 0.2) is 30.3 Å². The van der Waals surface area contributed by atoms with E-state index in [1.807, 2.05) is 30.3 Å². The third-order valence-corrected chi connectivity index (χ3v) is 2.69. The summed E-state index contributed by atoms with van der Waals surface area (Å²) in [5, 5.41) is 9.07.